The van der Waals surface area contributed by atoms with Gasteiger partial charge in [-0.3, -0.25) is 9.59 Å². The number of esters is 1. The summed E-state index contributed by atoms with van der Waals surface area (Å²) in [4.78, 5) is 24.7. The Hall–Kier alpha value is -1.40. The Morgan fingerprint density at radius 3 is 2.70 bits per heavy atom. The molecule has 23 heavy (non-hydrogen) atoms. The molecule has 0 spiro atoms. The Balaban J connectivity index is 2.52. The molecule has 1 aromatic rings. The summed E-state index contributed by atoms with van der Waals surface area (Å²) < 4.78 is 10.8. The van der Waals surface area contributed by atoms with Crippen LogP contribution < -0.4 is 5.38 Å². The third-order valence-electron chi connectivity index (χ3n) is 4.54. The maximum absolute atomic E-state index is 12.4. The van der Waals surface area contributed by atoms with E-state index in [0.717, 1.165) is 5.38 Å². The predicted molar refractivity (Wildman–Crippen MR) is 89.1 cm³/mol. The summed E-state index contributed by atoms with van der Waals surface area (Å²) in [6.45, 7) is 10.1. The number of furan rings is 1. The van der Waals surface area contributed by atoms with Crippen molar-refractivity contribution in [1.29, 1.82) is 0 Å². The number of carbonyl (C=O) groups excluding carboxylic acids is 2. The van der Waals surface area contributed by atoms with Crippen LogP contribution in [0.1, 0.15) is 32.3 Å². The molecule has 1 aliphatic rings. The van der Waals surface area contributed by atoms with Gasteiger partial charge in [0.2, 0.25) is 0 Å². The lowest BCUT2D eigenvalue weighted by molar-refractivity contribution is -0.167. The molecule has 1 fully saturated rings. The first kappa shape index (κ1) is 17.9. The van der Waals surface area contributed by atoms with E-state index in [4.69, 9.17) is 9.15 Å². The molecular formula is C17H26O5Si. The average molecular weight is 338 g/mol. The molecule has 1 heterocycles. The van der Waals surface area contributed by atoms with E-state index in [1.54, 1.807) is 19.9 Å². The molecule has 1 aromatic heterocycles. The van der Waals surface area contributed by atoms with Crippen LogP contribution in [-0.4, -0.2) is 31.5 Å². The van der Waals surface area contributed by atoms with Crippen molar-refractivity contribution in [2.45, 2.75) is 51.9 Å². The highest BCUT2D eigenvalue weighted by Gasteiger charge is 2.52. The maximum atomic E-state index is 12.4. The zero-order valence-electron chi connectivity index (χ0n) is 14.5. The van der Waals surface area contributed by atoms with Crippen LogP contribution >= 0.6 is 0 Å². The minimum atomic E-state index is -1.87. The van der Waals surface area contributed by atoms with Crippen LogP contribution in [0.3, 0.4) is 0 Å². The molecule has 2 rings (SSSR count). The Labute approximate surface area is 138 Å². The standard InChI is InChI=1S/C17H26O5Si/c1-6-21-15(19)13-9-11(2)14(18)10-17(13,20)12-7-8-22-16(12)23(3,4)5/h7-8,11,13,20H,6,9-10H2,1-5H3/t11-,13-,17+/m1/s1. The van der Waals surface area contributed by atoms with Gasteiger partial charge < -0.3 is 14.3 Å². The van der Waals surface area contributed by atoms with Gasteiger partial charge in [-0.1, -0.05) is 26.6 Å². The van der Waals surface area contributed by atoms with Crippen LogP contribution in [0.2, 0.25) is 19.6 Å². The van der Waals surface area contributed by atoms with Gasteiger partial charge in [0.25, 0.3) is 0 Å². The van der Waals surface area contributed by atoms with Crippen molar-refractivity contribution in [3.63, 3.8) is 0 Å². The van der Waals surface area contributed by atoms with Gasteiger partial charge >= 0.3 is 5.97 Å². The molecule has 5 nitrogen and oxygen atoms in total. The van der Waals surface area contributed by atoms with Crippen LogP contribution in [-0.2, 0) is 19.9 Å². The van der Waals surface area contributed by atoms with Gasteiger partial charge in [0, 0.05) is 17.9 Å². The quantitative estimate of drug-likeness (QED) is 0.673. The summed E-state index contributed by atoms with van der Waals surface area (Å²) in [6.07, 6.45) is 1.75. The van der Waals surface area contributed by atoms with Gasteiger partial charge in [-0.05, 0) is 19.4 Å². The van der Waals surface area contributed by atoms with E-state index < -0.39 is 25.6 Å². The highest BCUT2D eigenvalue weighted by atomic mass is 28.3. The molecule has 1 saturated carbocycles. The van der Waals surface area contributed by atoms with Gasteiger partial charge in [0.15, 0.2) is 0 Å². The van der Waals surface area contributed by atoms with Crippen molar-refractivity contribution in [1.82, 2.24) is 0 Å². The van der Waals surface area contributed by atoms with E-state index in [1.807, 2.05) is 0 Å². The molecular weight excluding hydrogens is 312 g/mol. The molecule has 0 aromatic carbocycles. The number of ether oxygens (including phenoxy) is 1. The van der Waals surface area contributed by atoms with Crippen molar-refractivity contribution in [3.05, 3.63) is 17.9 Å². The smallest absolute Gasteiger partial charge is 0.312 e. The van der Waals surface area contributed by atoms with E-state index in [2.05, 4.69) is 19.6 Å². The van der Waals surface area contributed by atoms with E-state index in [-0.39, 0.29) is 24.7 Å². The summed E-state index contributed by atoms with van der Waals surface area (Å²) in [5.41, 5.74) is -0.965. The molecule has 0 unspecified atom stereocenters. The van der Waals surface area contributed by atoms with E-state index in [1.165, 1.54) is 6.26 Å². The van der Waals surface area contributed by atoms with Gasteiger partial charge in [-0.15, -0.1) is 0 Å². The summed E-state index contributed by atoms with van der Waals surface area (Å²) >= 11 is 0. The molecule has 6 heteroatoms. The van der Waals surface area contributed by atoms with Crippen molar-refractivity contribution in [3.8, 4) is 0 Å². The highest BCUT2D eigenvalue weighted by molar-refractivity contribution is 6.88. The van der Waals surface area contributed by atoms with Crippen molar-refractivity contribution in [2.24, 2.45) is 11.8 Å². The maximum Gasteiger partial charge on any atom is 0.312 e. The Kier molecular flexibility index (Phi) is 4.87. The van der Waals surface area contributed by atoms with E-state index >= 15 is 0 Å². The Morgan fingerprint density at radius 1 is 1.48 bits per heavy atom. The molecule has 1 aliphatic carbocycles. The molecule has 0 radical (unpaired) electrons. The second-order valence-corrected chi connectivity index (χ2v) is 12.4. The zero-order chi connectivity index (χ0) is 17.4. The fourth-order valence-electron chi connectivity index (χ4n) is 3.29. The lowest BCUT2D eigenvalue weighted by atomic mass is 9.68. The second kappa shape index (κ2) is 6.24. The molecule has 0 aliphatic heterocycles. The van der Waals surface area contributed by atoms with Crippen molar-refractivity contribution < 1.29 is 23.8 Å². The third kappa shape index (κ3) is 3.28. The van der Waals surface area contributed by atoms with Crippen molar-refractivity contribution in [2.75, 3.05) is 6.61 Å². The number of Topliss-reactive ketones (excluding diaryl/α,β-unsaturated/α-hetero) is 1. The van der Waals surface area contributed by atoms with Gasteiger partial charge in [0.05, 0.1) is 24.2 Å². The summed E-state index contributed by atoms with van der Waals surface area (Å²) in [7, 11) is -1.87. The fourth-order valence-corrected chi connectivity index (χ4v) is 4.82. The Bertz CT molecular complexity index is 600. The fraction of sp³-hybridized carbons (Fsp3) is 0.647. The van der Waals surface area contributed by atoms with Crippen LogP contribution in [0, 0.1) is 11.8 Å². The number of rotatable bonds is 4. The zero-order valence-corrected chi connectivity index (χ0v) is 15.5. The first-order valence-electron chi connectivity index (χ1n) is 8.11. The van der Waals surface area contributed by atoms with Crippen molar-refractivity contribution >= 4 is 25.2 Å². The summed E-state index contributed by atoms with van der Waals surface area (Å²) in [5.74, 6) is -1.48. The third-order valence-corrected chi connectivity index (χ3v) is 6.29. The van der Waals surface area contributed by atoms with E-state index in [0.29, 0.717) is 12.0 Å². The lowest BCUT2D eigenvalue weighted by Crippen LogP contribution is -2.52. The molecule has 3 atom stereocenters. The monoisotopic (exact) mass is 338 g/mol. The molecule has 0 saturated heterocycles. The number of aliphatic hydroxyl groups is 1. The minimum Gasteiger partial charge on any atom is -0.474 e. The SMILES string of the molecule is CCOC(=O)[C@H]1C[C@@H](C)C(=O)C[C@]1(O)c1ccoc1[Si](C)(C)C. The van der Waals surface area contributed by atoms with Crippen LogP contribution in [0.5, 0.6) is 0 Å². The van der Waals surface area contributed by atoms with Gasteiger partial charge in [-0.2, -0.15) is 0 Å². The van der Waals surface area contributed by atoms with Crippen LogP contribution in [0.4, 0.5) is 0 Å². The normalized spacial score (nSPS) is 28.7. The molecule has 128 valence electrons. The van der Waals surface area contributed by atoms with Crippen LogP contribution in [0.15, 0.2) is 16.7 Å². The largest absolute Gasteiger partial charge is 0.474 e. The minimum absolute atomic E-state index is 0.0317. The number of ketones is 1. The lowest BCUT2D eigenvalue weighted by Gasteiger charge is -2.40. The first-order chi connectivity index (χ1) is 10.6. The highest BCUT2D eigenvalue weighted by Crippen LogP contribution is 2.43. The van der Waals surface area contributed by atoms with Crippen LogP contribution in [0.25, 0.3) is 0 Å². The Morgan fingerprint density at radius 2 is 2.13 bits per heavy atom. The first-order valence-corrected chi connectivity index (χ1v) is 11.6. The second-order valence-electron chi connectivity index (χ2n) is 7.42. The number of hydrogen-bond donors (Lipinski definition) is 1. The van der Waals surface area contributed by atoms with Gasteiger partial charge in [-0.25, -0.2) is 0 Å². The number of hydrogen-bond acceptors (Lipinski definition) is 5. The topological polar surface area (TPSA) is 76.7 Å². The summed E-state index contributed by atoms with van der Waals surface area (Å²) in [6, 6.07) is 1.70. The summed E-state index contributed by atoms with van der Waals surface area (Å²) in [5, 5.41) is 12.1. The van der Waals surface area contributed by atoms with Gasteiger partial charge in [0.1, 0.15) is 19.5 Å². The predicted octanol–water partition coefficient (Wildman–Crippen LogP) is 2.19. The average Bonchev–Trinajstić information content (AvgIpc) is 2.93. The molecule has 1 N–H and O–H groups in total. The van der Waals surface area contributed by atoms with E-state index in [9.17, 15) is 14.7 Å². The molecule has 0 bridgehead atoms. The molecule has 0 amide bonds. The number of carbonyl (C=O) groups is 2.